The molecule has 1 N–H and O–H groups in total. The first-order valence-corrected chi connectivity index (χ1v) is 10.1. The predicted octanol–water partition coefficient (Wildman–Crippen LogP) is 5.47. The van der Waals surface area contributed by atoms with Crippen LogP contribution >= 0.6 is 23.2 Å². The van der Waals surface area contributed by atoms with Gasteiger partial charge in [-0.2, -0.15) is 0 Å². The van der Waals surface area contributed by atoms with Gasteiger partial charge in [-0.05, 0) is 35.9 Å². The molecule has 3 aromatic rings. The Morgan fingerprint density at radius 3 is 2.29 bits per heavy atom. The summed E-state index contributed by atoms with van der Waals surface area (Å²) in [5.74, 6) is -0.601. The maximum absolute atomic E-state index is 12.5. The normalized spacial score (nSPS) is 12.5. The number of ether oxygens (including phenoxy) is 1. The lowest BCUT2D eigenvalue weighted by Gasteiger charge is -2.10. The third-order valence-electron chi connectivity index (χ3n) is 4.67. The van der Waals surface area contributed by atoms with Crippen molar-refractivity contribution >= 4 is 52.4 Å². The number of rotatable bonds is 5. The Bertz CT molecular complexity index is 1210. The van der Waals surface area contributed by atoms with Gasteiger partial charge >= 0.3 is 0 Å². The van der Waals surface area contributed by atoms with E-state index in [0.29, 0.717) is 33.1 Å². The van der Waals surface area contributed by atoms with Crippen LogP contribution in [0.15, 0.2) is 72.3 Å². The van der Waals surface area contributed by atoms with E-state index in [-0.39, 0.29) is 28.8 Å². The Morgan fingerprint density at radius 2 is 1.58 bits per heavy atom. The van der Waals surface area contributed by atoms with Gasteiger partial charge in [0.05, 0.1) is 21.3 Å². The van der Waals surface area contributed by atoms with Gasteiger partial charge in [-0.1, -0.05) is 65.7 Å². The zero-order valence-corrected chi connectivity index (χ0v) is 17.5. The second-order valence-corrected chi connectivity index (χ2v) is 7.56. The lowest BCUT2D eigenvalue weighted by atomic mass is 10.1. The molecule has 4 rings (SSSR count). The first kappa shape index (κ1) is 20.8. The van der Waals surface area contributed by atoms with Crippen molar-refractivity contribution in [3.8, 4) is 5.75 Å². The minimum Gasteiger partial charge on any atom is -0.484 e. The minimum absolute atomic E-state index is 0.103. The van der Waals surface area contributed by atoms with Gasteiger partial charge < -0.3 is 10.1 Å². The molecular formula is C24H15Cl2NO4. The van der Waals surface area contributed by atoms with Crippen molar-refractivity contribution < 1.29 is 19.1 Å². The zero-order chi connectivity index (χ0) is 22.0. The van der Waals surface area contributed by atoms with Gasteiger partial charge in [0.15, 0.2) is 18.2 Å². The molecule has 0 aromatic heterocycles. The molecule has 0 saturated heterocycles. The first-order chi connectivity index (χ1) is 14.9. The number of nitrogens with one attached hydrogen (secondary N) is 1. The molecule has 0 saturated carbocycles. The molecule has 1 aliphatic carbocycles. The van der Waals surface area contributed by atoms with E-state index in [4.69, 9.17) is 27.9 Å². The van der Waals surface area contributed by atoms with Crippen LogP contribution in [0.2, 0.25) is 10.0 Å². The Hall–Kier alpha value is -3.41. The van der Waals surface area contributed by atoms with E-state index < -0.39 is 5.91 Å². The van der Waals surface area contributed by atoms with E-state index in [1.54, 1.807) is 66.7 Å². The molecule has 0 bridgehead atoms. The van der Waals surface area contributed by atoms with Crippen LogP contribution in [0.3, 0.4) is 0 Å². The number of ketones is 2. The van der Waals surface area contributed by atoms with Gasteiger partial charge in [-0.15, -0.1) is 0 Å². The van der Waals surface area contributed by atoms with Gasteiger partial charge in [0.1, 0.15) is 5.75 Å². The monoisotopic (exact) mass is 451 g/mol. The highest BCUT2D eigenvalue weighted by Crippen LogP contribution is 2.30. The van der Waals surface area contributed by atoms with E-state index in [0.717, 1.165) is 0 Å². The van der Waals surface area contributed by atoms with Crippen LogP contribution in [0.25, 0.3) is 6.08 Å². The highest BCUT2D eigenvalue weighted by atomic mass is 35.5. The molecule has 0 spiro atoms. The van der Waals surface area contributed by atoms with Crippen LogP contribution in [0.4, 0.5) is 5.69 Å². The summed E-state index contributed by atoms with van der Waals surface area (Å²) in [5, 5.41) is 3.22. The lowest BCUT2D eigenvalue weighted by Crippen LogP contribution is -2.20. The van der Waals surface area contributed by atoms with Crippen molar-refractivity contribution in [2.75, 3.05) is 11.9 Å². The van der Waals surface area contributed by atoms with Crippen LogP contribution in [0.5, 0.6) is 5.75 Å². The van der Waals surface area contributed by atoms with Gasteiger partial charge in [0.25, 0.3) is 5.91 Å². The zero-order valence-electron chi connectivity index (χ0n) is 16.0. The maximum Gasteiger partial charge on any atom is 0.262 e. The molecule has 0 heterocycles. The summed E-state index contributed by atoms with van der Waals surface area (Å²) in [4.78, 5) is 37.3. The maximum atomic E-state index is 12.5. The molecule has 0 unspecified atom stereocenters. The topological polar surface area (TPSA) is 72.5 Å². The molecule has 0 aliphatic heterocycles. The predicted molar refractivity (Wildman–Crippen MR) is 120 cm³/mol. The van der Waals surface area contributed by atoms with E-state index in [9.17, 15) is 14.4 Å². The Balaban J connectivity index is 1.45. The van der Waals surface area contributed by atoms with Crippen LogP contribution < -0.4 is 10.1 Å². The quantitative estimate of drug-likeness (QED) is 0.412. The molecule has 3 aromatic carbocycles. The van der Waals surface area contributed by atoms with Crippen LogP contribution in [-0.2, 0) is 4.79 Å². The summed E-state index contributed by atoms with van der Waals surface area (Å²) in [5.41, 5.74) is 1.91. The third kappa shape index (κ3) is 4.38. The number of hydrogen-bond acceptors (Lipinski definition) is 4. The number of benzene rings is 3. The Labute approximate surface area is 188 Å². The van der Waals surface area contributed by atoms with Crippen molar-refractivity contribution in [3.05, 3.63) is 99.0 Å². The van der Waals surface area contributed by atoms with Crippen molar-refractivity contribution in [3.63, 3.8) is 0 Å². The lowest BCUT2D eigenvalue weighted by molar-refractivity contribution is -0.118. The summed E-state index contributed by atoms with van der Waals surface area (Å²) >= 11 is 12.0. The highest BCUT2D eigenvalue weighted by molar-refractivity contribution is 6.44. The number of allylic oxidation sites excluding steroid dienone is 1. The SMILES string of the molecule is O=C(COc1cccc(C=C2C(=O)c3ccccc3C2=O)c1)Nc1cccc(Cl)c1Cl. The van der Waals surface area contributed by atoms with Crippen molar-refractivity contribution in [1.29, 1.82) is 0 Å². The average Bonchev–Trinajstić information content (AvgIpc) is 3.01. The van der Waals surface area contributed by atoms with Gasteiger partial charge in [-0.25, -0.2) is 0 Å². The first-order valence-electron chi connectivity index (χ1n) is 9.31. The molecule has 5 nitrogen and oxygen atoms in total. The van der Waals surface area contributed by atoms with Crippen LogP contribution in [-0.4, -0.2) is 24.1 Å². The molecule has 1 aliphatic rings. The number of fused-ring (bicyclic) bond motifs is 1. The second kappa shape index (κ2) is 8.76. The average molecular weight is 452 g/mol. The van der Waals surface area contributed by atoms with Gasteiger partial charge in [0.2, 0.25) is 0 Å². The molecule has 7 heteroatoms. The molecule has 154 valence electrons. The fourth-order valence-corrected chi connectivity index (χ4v) is 3.55. The van der Waals surface area contributed by atoms with Gasteiger partial charge in [0, 0.05) is 11.1 Å². The summed E-state index contributed by atoms with van der Waals surface area (Å²) in [7, 11) is 0. The molecule has 0 fully saturated rings. The van der Waals surface area contributed by atoms with Crippen molar-refractivity contribution in [1.82, 2.24) is 0 Å². The van der Waals surface area contributed by atoms with Crippen molar-refractivity contribution in [2.45, 2.75) is 0 Å². The molecule has 1 amide bonds. The summed E-state index contributed by atoms with van der Waals surface area (Å²) < 4.78 is 5.54. The van der Waals surface area contributed by atoms with Crippen molar-refractivity contribution in [2.24, 2.45) is 0 Å². The number of Topliss-reactive ketones (excluding diaryl/α,β-unsaturated/α-hetero) is 2. The molecule has 31 heavy (non-hydrogen) atoms. The largest absolute Gasteiger partial charge is 0.484 e. The fraction of sp³-hybridized carbons (Fsp3) is 0.0417. The molecule has 0 radical (unpaired) electrons. The van der Waals surface area contributed by atoms with Gasteiger partial charge in [-0.3, -0.25) is 14.4 Å². The van der Waals surface area contributed by atoms with Crippen LogP contribution in [0, 0.1) is 0 Å². The standard InChI is InChI=1S/C24H15Cl2NO4/c25-19-9-4-10-20(22(19)26)27-21(28)13-31-15-6-3-5-14(11-15)12-18-23(29)16-7-1-2-8-17(16)24(18)30/h1-12H,13H2,(H,27,28). The smallest absolute Gasteiger partial charge is 0.262 e. The number of carbonyl (C=O) groups excluding carboxylic acids is 3. The Kier molecular flexibility index (Phi) is 5.89. The summed E-state index contributed by atoms with van der Waals surface area (Å²) in [6.07, 6.45) is 1.53. The van der Waals surface area contributed by atoms with Crippen LogP contribution in [0.1, 0.15) is 26.3 Å². The molecular weight excluding hydrogens is 437 g/mol. The number of hydrogen-bond donors (Lipinski definition) is 1. The number of amides is 1. The third-order valence-corrected chi connectivity index (χ3v) is 5.49. The second-order valence-electron chi connectivity index (χ2n) is 6.77. The highest BCUT2D eigenvalue weighted by Gasteiger charge is 2.32. The minimum atomic E-state index is -0.412. The van der Waals surface area contributed by atoms with E-state index in [2.05, 4.69) is 5.32 Å². The Morgan fingerprint density at radius 1 is 0.903 bits per heavy atom. The summed E-state index contributed by atoms with van der Waals surface area (Å²) in [6, 6.07) is 18.4. The van der Waals surface area contributed by atoms with E-state index in [1.807, 2.05) is 0 Å². The number of halogens is 2. The number of carbonyl (C=O) groups is 3. The fourth-order valence-electron chi connectivity index (χ4n) is 3.20. The number of anilines is 1. The molecule has 0 atom stereocenters. The van der Waals surface area contributed by atoms with E-state index >= 15 is 0 Å². The van der Waals surface area contributed by atoms with E-state index in [1.165, 1.54) is 6.08 Å². The summed E-state index contributed by atoms with van der Waals surface area (Å²) in [6.45, 7) is -0.258.